The number of rotatable bonds is 9. The van der Waals surface area contributed by atoms with Crippen LogP contribution in [-0.4, -0.2) is 65.2 Å². The number of hydrogen-bond donors (Lipinski definition) is 3. The summed E-state index contributed by atoms with van der Waals surface area (Å²) in [7, 11) is 3.25. The van der Waals surface area contributed by atoms with E-state index in [2.05, 4.69) is 41.7 Å². The molecule has 0 radical (unpaired) electrons. The highest BCUT2D eigenvalue weighted by Crippen LogP contribution is 2.41. The van der Waals surface area contributed by atoms with Crippen LogP contribution < -0.4 is 15.5 Å². The molecule has 1 fully saturated rings. The molecule has 3 aromatic heterocycles. The van der Waals surface area contributed by atoms with Gasteiger partial charge in [-0.05, 0) is 61.7 Å². The van der Waals surface area contributed by atoms with Crippen molar-refractivity contribution in [2.24, 2.45) is 0 Å². The third kappa shape index (κ3) is 7.78. The number of ether oxygens (including phenoxy) is 1. The number of pyridine rings is 1. The van der Waals surface area contributed by atoms with Gasteiger partial charge in [-0.1, -0.05) is 71.7 Å². The van der Waals surface area contributed by atoms with Gasteiger partial charge in [0.2, 0.25) is 6.41 Å². The molecule has 1 aliphatic heterocycles. The van der Waals surface area contributed by atoms with Crippen LogP contribution in [0.15, 0.2) is 97.5 Å². The van der Waals surface area contributed by atoms with E-state index in [0.29, 0.717) is 45.9 Å². The van der Waals surface area contributed by atoms with E-state index >= 15 is 0 Å². The van der Waals surface area contributed by atoms with Gasteiger partial charge < -0.3 is 29.8 Å². The molecule has 2 amide bonds. The van der Waals surface area contributed by atoms with Crippen molar-refractivity contribution in [1.29, 1.82) is 0 Å². The summed E-state index contributed by atoms with van der Waals surface area (Å²) >= 11 is 12.7. The van der Waals surface area contributed by atoms with Gasteiger partial charge >= 0.3 is 0 Å². The number of piperidine rings is 1. The van der Waals surface area contributed by atoms with E-state index in [0.717, 1.165) is 52.7 Å². The molecule has 0 saturated carbocycles. The maximum Gasteiger partial charge on any atom is 0.272 e. The zero-order valence-electron chi connectivity index (χ0n) is 28.6. The summed E-state index contributed by atoms with van der Waals surface area (Å²) < 4.78 is 6.35. The minimum absolute atomic E-state index is 0.125. The van der Waals surface area contributed by atoms with Gasteiger partial charge in [0.15, 0.2) is 5.82 Å². The molecule has 1 saturated heterocycles. The van der Waals surface area contributed by atoms with Gasteiger partial charge in [0.1, 0.15) is 5.69 Å². The quantitative estimate of drug-likeness (QED) is 0.129. The average molecular weight is 725 g/mol. The normalized spacial score (nSPS) is 13.7. The Hall–Kier alpha value is -5.16. The van der Waals surface area contributed by atoms with Crippen LogP contribution in [0.4, 0.5) is 11.5 Å². The lowest BCUT2D eigenvalue weighted by molar-refractivity contribution is -0.110. The first kappa shape index (κ1) is 35.7. The first-order chi connectivity index (χ1) is 24.8. The Morgan fingerprint density at radius 3 is 2.37 bits per heavy atom. The predicted molar refractivity (Wildman–Crippen MR) is 205 cm³/mol. The number of fused-ring (bicyclic) bond motifs is 1. The molecule has 10 nitrogen and oxygen atoms in total. The number of H-pyrrole nitrogens is 1. The molecule has 0 bridgehead atoms. The first-order valence-corrected chi connectivity index (χ1v) is 17.4. The Balaban J connectivity index is 0.00000144. The third-order valence-corrected chi connectivity index (χ3v) is 9.46. The number of methoxy groups -OCH3 is 1. The molecular formula is C39H39Cl2N7O3. The topological polar surface area (TPSA) is 117 Å². The minimum atomic E-state index is -0.324. The van der Waals surface area contributed by atoms with Crippen molar-refractivity contribution >= 4 is 57.9 Å². The number of benzene rings is 3. The van der Waals surface area contributed by atoms with E-state index in [-0.39, 0.29) is 18.0 Å². The van der Waals surface area contributed by atoms with Gasteiger partial charge in [0.25, 0.3) is 5.91 Å². The molecule has 12 heteroatoms. The highest BCUT2D eigenvalue weighted by atomic mass is 35.5. The summed E-state index contributed by atoms with van der Waals surface area (Å²) in [5.41, 5.74) is 5.90. The smallest absolute Gasteiger partial charge is 0.272 e. The number of nitrogens with one attached hydrogen (secondary N) is 3. The molecule has 4 heterocycles. The number of aromatic amines is 1. The number of imidazole rings is 1. The third-order valence-electron chi connectivity index (χ3n) is 8.97. The number of nitrogens with zero attached hydrogens (tertiary/aromatic N) is 4. The average Bonchev–Trinajstić information content (AvgIpc) is 3.75. The second-order valence-electron chi connectivity index (χ2n) is 12.3. The van der Waals surface area contributed by atoms with Crippen molar-refractivity contribution < 1.29 is 14.3 Å². The molecule has 1 atom stereocenters. The predicted octanol–water partition coefficient (Wildman–Crippen LogP) is 8.24. The van der Waals surface area contributed by atoms with Gasteiger partial charge in [0, 0.05) is 71.6 Å². The van der Waals surface area contributed by atoms with Crippen molar-refractivity contribution in [1.82, 2.24) is 24.8 Å². The second kappa shape index (κ2) is 16.2. The highest BCUT2D eigenvalue weighted by molar-refractivity contribution is 6.31. The molecule has 51 heavy (non-hydrogen) atoms. The Morgan fingerprint density at radius 1 is 0.961 bits per heavy atom. The van der Waals surface area contributed by atoms with E-state index in [1.165, 1.54) is 0 Å². The van der Waals surface area contributed by atoms with Crippen molar-refractivity contribution in [2.75, 3.05) is 37.5 Å². The summed E-state index contributed by atoms with van der Waals surface area (Å²) in [6.45, 7) is 3.50. The van der Waals surface area contributed by atoms with Crippen molar-refractivity contribution in [3.05, 3.63) is 119 Å². The zero-order chi connectivity index (χ0) is 35.9. The molecule has 0 aliphatic carbocycles. The van der Waals surface area contributed by atoms with E-state index < -0.39 is 0 Å². The summed E-state index contributed by atoms with van der Waals surface area (Å²) in [5, 5.41) is 8.09. The van der Waals surface area contributed by atoms with Crippen LogP contribution in [0, 0.1) is 0 Å². The van der Waals surface area contributed by atoms with Gasteiger partial charge in [-0.3, -0.25) is 9.59 Å². The fourth-order valence-electron chi connectivity index (χ4n) is 6.48. The zero-order valence-corrected chi connectivity index (χ0v) is 30.1. The second-order valence-corrected chi connectivity index (χ2v) is 13.2. The lowest BCUT2D eigenvalue weighted by Gasteiger charge is -2.33. The fraction of sp³-hybridized carbons (Fsp3) is 0.231. The van der Waals surface area contributed by atoms with Crippen molar-refractivity contribution in [2.45, 2.75) is 31.8 Å². The molecule has 7 rings (SSSR count). The molecule has 0 spiro atoms. The van der Waals surface area contributed by atoms with E-state index in [4.69, 9.17) is 28.2 Å². The fourth-order valence-corrected chi connectivity index (χ4v) is 6.78. The summed E-state index contributed by atoms with van der Waals surface area (Å²) in [4.78, 5) is 40.6. The van der Waals surface area contributed by atoms with E-state index in [1.54, 1.807) is 20.4 Å². The maximum atomic E-state index is 14.5. The van der Waals surface area contributed by atoms with Crippen molar-refractivity contribution in [3.63, 3.8) is 0 Å². The number of carbonyl (C=O) groups excluding carboxylic acids is 2. The largest absolute Gasteiger partial charge is 0.388 e. The Morgan fingerprint density at radius 2 is 1.67 bits per heavy atom. The number of aromatic nitrogens is 4. The lowest BCUT2D eigenvalue weighted by Crippen LogP contribution is -2.42. The monoisotopic (exact) mass is 723 g/mol. The van der Waals surface area contributed by atoms with Gasteiger partial charge in [-0.15, -0.1) is 0 Å². The molecule has 3 N–H and O–H groups in total. The number of anilines is 2. The maximum absolute atomic E-state index is 14.5. The van der Waals surface area contributed by atoms with Gasteiger partial charge in [0.05, 0.1) is 29.4 Å². The standard InChI is InChI=1S/C37H33Cl2N7O2.C2H6O/c1-23(24-9-11-26(38)12-10-24)46-21-41-33(25-6-3-2-4-7-25)35(46)32-29-14-13-27(39)20-31(29)43-34(32)37(48)44-30-8-5-17-40-36(30)45-18-15-28(16-19-45)42-22-47;1-3-2/h2-14,17,20-23,28,43H,15-16,18-19H2,1H3,(H,42,47)(H,44,48);1-2H3. The number of amides is 2. The molecule has 3 aromatic carbocycles. The van der Waals surface area contributed by atoms with Gasteiger partial charge in [-0.25, -0.2) is 9.97 Å². The molecule has 1 unspecified atom stereocenters. The molecule has 1 aliphatic rings. The van der Waals surface area contributed by atoms with E-state index in [9.17, 15) is 9.59 Å². The number of halogens is 2. The van der Waals surface area contributed by atoms with Crippen LogP contribution in [-0.2, 0) is 9.53 Å². The van der Waals surface area contributed by atoms with Crippen LogP contribution in [0.1, 0.15) is 41.9 Å². The first-order valence-electron chi connectivity index (χ1n) is 16.6. The van der Waals surface area contributed by atoms with Crippen LogP contribution in [0.3, 0.4) is 0 Å². The molecular weight excluding hydrogens is 685 g/mol. The van der Waals surface area contributed by atoms with Crippen LogP contribution >= 0.6 is 23.2 Å². The Labute approximate surface area is 306 Å². The molecule has 262 valence electrons. The molecule has 6 aromatic rings. The van der Waals surface area contributed by atoms with Crippen molar-refractivity contribution in [3.8, 4) is 22.5 Å². The summed E-state index contributed by atoms with van der Waals surface area (Å²) in [6.07, 6.45) is 5.88. The lowest BCUT2D eigenvalue weighted by atomic mass is 9.99. The van der Waals surface area contributed by atoms with Gasteiger partial charge in [-0.2, -0.15) is 0 Å². The summed E-state index contributed by atoms with van der Waals surface area (Å²) in [6, 6.07) is 27.0. The highest BCUT2D eigenvalue weighted by Gasteiger charge is 2.29. The minimum Gasteiger partial charge on any atom is -0.388 e. The van der Waals surface area contributed by atoms with Crippen LogP contribution in [0.5, 0.6) is 0 Å². The van der Waals surface area contributed by atoms with E-state index in [1.807, 2.05) is 91.3 Å². The Kier molecular flexibility index (Phi) is 11.4. The SMILES string of the molecule is CC(c1ccc(Cl)cc1)n1cnc(-c2ccccc2)c1-c1c(C(=O)Nc2cccnc2N2CCC(NC=O)CC2)[nH]c2cc(Cl)ccc12.COC. The number of carbonyl (C=O) groups is 2. The Bertz CT molecular complexity index is 2110. The van der Waals surface area contributed by atoms with Crippen LogP contribution in [0.2, 0.25) is 10.0 Å². The number of hydrogen-bond acceptors (Lipinski definition) is 6. The summed E-state index contributed by atoms with van der Waals surface area (Å²) in [5.74, 6) is 0.359. The van der Waals surface area contributed by atoms with Crippen LogP contribution in [0.25, 0.3) is 33.4 Å².